The summed E-state index contributed by atoms with van der Waals surface area (Å²) in [5, 5.41) is 1.41. The molecule has 1 aromatic heterocycles. The Bertz CT molecular complexity index is 839. The summed E-state index contributed by atoms with van der Waals surface area (Å²) >= 11 is 6.17. The first-order valence-electron chi connectivity index (χ1n) is 7.62. The summed E-state index contributed by atoms with van der Waals surface area (Å²) in [6.45, 7) is 5.02. The molecule has 0 spiro atoms. The number of carbonyl (C=O) groups is 1. The quantitative estimate of drug-likeness (QED) is 0.671. The minimum absolute atomic E-state index is 0.110. The van der Waals surface area contributed by atoms with E-state index in [0.717, 1.165) is 16.5 Å². The maximum Gasteiger partial charge on any atom is 0.290 e. The molecule has 0 saturated carbocycles. The number of carbonyl (C=O) groups excluding carboxylic acids is 1. The van der Waals surface area contributed by atoms with Gasteiger partial charge in [-0.25, -0.2) is 0 Å². The molecule has 118 valence electrons. The average Bonchev–Trinajstić information content (AvgIpc) is 2.91. The summed E-state index contributed by atoms with van der Waals surface area (Å²) in [6.07, 6.45) is 0. The molecule has 0 aliphatic carbocycles. The summed E-state index contributed by atoms with van der Waals surface area (Å²) in [6, 6.07) is 15.5. The van der Waals surface area contributed by atoms with Crippen molar-refractivity contribution in [3.63, 3.8) is 0 Å². The zero-order valence-electron chi connectivity index (χ0n) is 13.2. The summed E-state index contributed by atoms with van der Waals surface area (Å²) in [5.74, 6) is 0.256. The summed E-state index contributed by atoms with van der Waals surface area (Å²) < 4.78 is 5.79. The third kappa shape index (κ3) is 2.97. The first-order valence-corrected chi connectivity index (χ1v) is 8.00. The zero-order valence-corrected chi connectivity index (χ0v) is 13.9. The van der Waals surface area contributed by atoms with E-state index in [-0.39, 0.29) is 5.91 Å². The van der Waals surface area contributed by atoms with Crippen LogP contribution in [0, 0.1) is 6.92 Å². The molecule has 0 saturated heterocycles. The van der Waals surface area contributed by atoms with E-state index < -0.39 is 0 Å². The lowest BCUT2D eigenvalue weighted by atomic mass is 10.1. The lowest BCUT2D eigenvalue weighted by Crippen LogP contribution is -2.30. The van der Waals surface area contributed by atoms with Crippen molar-refractivity contribution in [3.05, 3.63) is 70.4 Å². The van der Waals surface area contributed by atoms with Gasteiger partial charge >= 0.3 is 0 Å². The van der Waals surface area contributed by atoms with Gasteiger partial charge in [-0.3, -0.25) is 4.79 Å². The Morgan fingerprint density at radius 1 is 1.13 bits per heavy atom. The number of halogens is 1. The van der Waals surface area contributed by atoms with Gasteiger partial charge in [0.2, 0.25) is 0 Å². The van der Waals surface area contributed by atoms with E-state index in [1.54, 1.807) is 11.0 Å². The van der Waals surface area contributed by atoms with Gasteiger partial charge in [0.15, 0.2) is 11.3 Å². The highest BCUT2D eigenvalue weighted by Gasteiger charge is 2.23. The van der Waals surface area contributed by atoms with Crippen LogP contribution >= 0.6 is 11.6 Å². The Kier molecular flexibility index (Phi) is 4.39. The normalized spacial score (nSPS) is 10.9. The molecule has 3 rings (SSSR count). The topological polar surface area (TPSA) is 33.5 Å². The van der Waals surface area contributed by atoms with Gasteiger partial charge in [-0.1, -0.05) is 54.1 Å². The van der Waals surface area contributed by atoms with Gasteiger partial charge in [-0.15, -0.1) is 0 Å². The first kappa shape index (κ1) is 15.6. The highest BCUT2D eigenvalue weighted by atomic mass is 35.5. The van der Waals surface area contributed by atoms with Gasteiger partial charge in [0.1, 0.15) is 0 Å². The number of nitrogens with zero attached hydrogens (tertiary/aromatic N) is 1. The van der Waals surface area contributed by atoms with E-state index in [1.165, 1.54) is 0 Å². The van der Waals surface area contributed by atoms with E-state index >= 15 is 0 Å². The lowest BCUT2D eigenvalue weighted by Gasteiger charge is -2.20. The molecule has 1 amide bonds. The maximum atomic E-state index is 12.9. The molecule has 2 aromatic carbocycles. The molecule has 0 fully saturated rings. The van der Waals surface area contributed by atoms with E-state index in [1.807, 2.05) is 56.3 Å². The number of hydrogen-bond acceptors (Lipinski definition) is 2. The van der Waals surface area contributed by atoms with Gasteiger partial charge in [0, 0.05) is 24.0 Å². The third-order valence-electron chi connectivity index (χ3n) is 4.00. The van der Waals surface area contributed by atoms with Gasteiger partial charge in [0.05, 0.1) is 5.02 Å². The molecule has 0 radical (unpaired) electrons. The van der Waals surface area contributed by atoms with E-state index in [2.05, 4.69) is 0 Å². The predicted molar refractivity (Wildman–Crippen MR) is 92.8 cm³/mol. The van der Waals surface area contributed by atoms with Crippen molar-refractivity contribution in [3.8, 4) is 0 Å². The Balaban J connectivity index is 1.95. The number of para-hydroxylation sites is 1. The monoisotopic (exact) mass is 327 g/mol. The van der Waals surface area contributed by atoms with Crippen LogP contribution in [0.25, 0.3) is 11.0 Å². The number of furan rings is 1. The van der Waals surface area contributed by atoms with E-state index in [4.69, 9.17) is 16.0 Å². The lowest BCUT2D eigenvalue weighted by molar-refractivity contribution is 0.0722. The van der Waals surface area contributed by atoms with Crippen LogP contribution in [0.2, 0.25) is 5.02 Å². The Hall–Kier alpha value is -2.26. The minimum atomic E-state index is -0.110. The standard InChI is InChI=1S/C19H18ClNO2/c1-3-21(12-14-8-5-4-6-9-14)19(22)17-13(2)15-10-7-11-16(20)18(15)23-17/h4-11H,3,12H2,1-2H3. The van der Waals surface area contributed by atoms with Crippen molar-refractivity contribution in [1.82, 2.24) is 4.90 Å². The molecule has 3 nitrogen and oxygen atoms in total. The van der Waals surface area contributed by atoms with Crippen LogP contribution < -0.4 is 0 Å². The number of benzene rings is 2. The van der Waals surface area contributed by atoms with Crippen LogP contribution in [0.5, 0.6) is 0 Å². The van der Waals surface area contributed by atoms with Crippen molar-refractivity contribution in [2.24, 2.45) is 0 Å². The Morgan fingerprint density at radius 3 is 2.52 bits per heavy atom. The molecule has 0 unspecified atom stereocenters. The number of hydrogen-bond donors (Lipinski definition) is 0. The predicted octanol–water partition coefficient (Wildman–Crippen LogP) is 5.06. The van der Waals surface area contributed by atoms with Crippen LogP contribution in [0.3, 0.4) is 0 Å². The van der Waals surface area contributed by atoms with Crippen molar-refractivity contribution >= 4 is 28.5 Å². The fourth-order valence-electron chi connectivity index (χ4n) is 2.69. The molecule has 1 heterocycles. The van der Waals surface area contributed by atoms with Crippen molar-refractivity contribution in [2.45, 2.75) is 20.4 Å². The molecule has 0 atom stereocenters. The van der Waals surface area contributed by atoms with Crippen LogP contribution in [0.4, 0.5) is 0 Å². The fourth-order valence-corrected chi connectivity index (χ4v) is 2.90. The second-order valence-corrected chi connectivity index (χ2v) is 5.88. The van der Waals surface area contributed by atoms with Crippen molar-refractivity contribution < 1.29 is 9.21 Å². The first-order chi connectivity index (χ1) is 11.1. The van der Waals surface area contributed by atoms with Crippen LogP contribution in [0.15, 0.2) is 52.9 Å². The molecule has 3 aromatic rings. The largest absolute Gasteiger partial charge is 0.449 e. The Labute approximate surface area is 140 Å². The fraction of sp³-hybridized carbons (Fsp3) is 0.211. The number of rotatable bonds is 4. The Morgan fingerprint density at radius 2 is 1.87 bits per heavy atom. The number of aryl methyl sites for hydroxylation is 1. The van der Waals surface area contributed by atoms with Crippen LogP contribution in [-0.2, 0) is 6.54 Å². The minimum Gasteiger partial charge on any atom is -0.449 e. The zero-order chi connectivity index (χ0) is 16.4. The van der Waals surface area contributed by atoms with Crippen molar-refractivity contribution in [1.29, 1.82) is 0 Å². The third-order valence-corrected chi connectivity index (χ3v) is 4.29. The number of amides is 1. The molecular weight excluding hydrogens is 310 g/mol. The second kappa shape index (κ2) is 6.47. The van der Waals surface area contributed by atoms with Gasteiger partial charge in [0.25, 0.3) is 5.91 Å². The van der Waals surface area contributed by atoms with Crippen molar-refractivity contribution in [2.75, 3.05) is 6.54 Å². The molecule has 23 heavy (non-hydrogen) atoms. The summed E-state index contributed by atoms with van der Waals surface area (Å²) in [7, 11) is 0. The molecule has 0 aliphatic rings. The summed E-state index contributed by atoms with van der Waals surface area (Å²) in [4.78, 5) is 14.6. The molecule has 0 N–H and O–H groups in total. The average molecular weight is 328 g/mol. The van der Waals surface area contributed by atoms with Crippen LogP contribution in [0.1, 0.15) is 28.6 Å². The smallest absolute Gasteiger partial charge is 0.290 e. The van der Waals surface area contributed by atoms with E-state index in [9.17, 15) is 4.79 Å². The molecule has 0 bridgehead atoms. The second-order valence-electron chi connectivity index (χ2n) is 5.48. The van der Waals surface area contributed by atoms with Crippen LogP contribution in [-0.4, -0.2) is 17.4 Å². The highest BCUT2D eigenvalue weighted by Crippen LogP contribution is 2.31. The maximum absolute atomic E-state index is 12.9. The summed E-state index contributed by atoms with van der Waals surface area (Å²) in [5.41, 5.74) is 2.50. The SMILES string of the molecule is CCN(Cc1ccccc1)C(=O)c1oc2c(Cl)cccc2c1C. The molecular formula is C19H18ClNO2. The molecule has 0 aliphatic heterocycles. The molecule has 4 heteroatoms. The van der Waals surface area contributed by atoms with Gasteiger partial charge in [-0.05, 0) is 25.5 Å². The van der Waals surface area contributed by atoms with Gasteiger partial charge < -0.3 is 9.32 Å². The van der Waals surface area contributed by atoms with Gasteiger partial charge in [-0.2, -0.15) is 0 Å². The highest BCUT2D eigenvalue weighted by molar-refractivity contribution is 6.35. The van der Waals surface area contributed by atoms with E-state index in [0.29, 0.717) is 29.5 Å². The number of fused-ring (bicyclic) bond motifs is 1.